The molecular weight excluding hydrogens is 481 g/mol. The average molecular weight is 500 g/mol. The number of nitrogens with one attached hydrogen (secondary N) is 1. The van der Waals surface area contributed by atoms with Gasteiger partial charge in [-0.3, -0.25) is 9.48 Å². The highest BCUT2D eigenvalue weighted by Crippen LogP contribution is 2.23. The predicted octanol–water partition coefficient (Wildman–Crippen LogP) is 5.27. The molecule has 7 nitrogen and oxygen atoms in total. The lowest BCUT2D eigenvalue weighted by Gasteiger charge is -2.05. The largest absolute Gasteiger partial charge is 0.497 e. The number of hydrogen-bond donors (Lipinski definition) is 1. The van der Waals surface area contributed by atoms with Crippen molar-refractivity contribution in [3.05, 3.63) is 94.2 Å². The number of anilines is 1. The number of halogens is 2. The van der Waals surface area contributed by atoms with E-state index in [0.717, 1.165) is 11.3 Å². The van der Waals surface area contributed by atoms with Crippen molar-refractivity contribution >= 4 is 27.7 Å². The molecule has 2 aromatic heterocycles. The maximum absolute atomic E-state index is 13.1. The zero-order chi connectivity index (χ0) is 22.5. The van der Waals surface area contributed by atoms with Gasteiger partial charge in [0.1, 0.15) is 29.7 Å². The quantitative estimate of drug-likeness (QED) is 0.357. The third-order valence-corrected chi connectivity index (χ3v) is 5.11. The predicted molar refractivity (Wildman–Crippen MR) is 119 cm³/mol. The molecule has 0 fully saturated rings. The molecule has 32 heavy (non-hydrogen) atoms. The molecule has 9 heteroatoms. The molecule has 0 saturated heterocycles. The number of methoxy groups -OCH3 is 1. The van der Waals surface area contributed by atoms with E-state index < -0.39 is 5.91 Å². The van der Waals surface area contributed by atoms with Crippen LogP contribution in [0.1, 0.15) is 21.9 Å². The first-order valence-corrected chi connectivity index (χ1v) is 10.4. The van der Waals surface area contributed by atoms with E-state index >= 15 is 0 Å². The Morgan fingerprint density at radius 1 is 1.09 bits per heavy atom. The molecular formula is C23H19BrFN3O4. The van der Waals surface area contributed by atoms with Gasteiger partial charge in [-0.2, -0.15) is 5.10 Å². The van der Waals surface area contributed by atoms with E-state index in [1.54, 1.807) is 66.5 Å². The zero-order valence-corrected chi connectivity index (χ0v) is 18.6. The molecule has 0 aliphatic carbocycles. The third-order valence-electron chi connectivity index (χ3n) is 4.53. The highest BCUT2D eigenvalue weighted by molar-refractivity contribution is 9.10. The van der Waals surface area contributed by atoms with Crippen molar-refractivity contribution in [2.75, 3.05) is 12.4 Å². The van der Waals surface area contributed by atoms with E-state index in [-0.39, 0.29) is 18.2 Å². The minimum atomic E-state index is -0.437. The van der Waals surface area contributed by atoms with Crippen LogP contribution >= 0.6 is 15.9 Å². The van der Waals surface area contributed by atoms with Gasteiger partial charge in [0.2, 0.25) is 0 Å². The number of aromatic nitrogens is 2. The van der Waals surface area contributed by atoms with Crippen LogP contribution in [0.4, 0.5) is 10.2 Å². The van der Waals surface area contributed by atoms with Crippen molar-refractivity contribution in [1.82, 2.24) is 9.78 Å². The first-order valence-electron chi connectivity index (χ1n) is 9.64. The molecule has 1 N–H and O–H groups in total. The van der Waals surface area contributed by atoms with Gasteiger partial charge < -0.3 is 19.2 Å². The van der Waals surface area contributed by atoms with E-state index in [0.29, 0.717) is 28.3 Å². The second kappa shape index (κ2) is 9.69. The minimum Gasteiger partial charge on any atom is -0.497 e. The first kappa shape index (κ1) is 21.6. The molecule has 0 bridgehead atoms. The smallest absolute Gasteiger partial charge is 0.292 e. The molecule has 0 aliphatic rings. The van der Waals surface area contributed by atoms with Crippen molar-refractivity contribution in [2.45, 2.75) is 13.2 Å². The maximum atomic E-state index is 13.1. The molecule has 0 spiro atoms. The van der Waals surface area contributed by atoms with Crippen LogP contribution in [-0.4, -0.2) is 22.8 Å². The first-order chi connectivity index (χ1) is 15.5. The summed E-state index contributed by atoms with van der Waals surface area (Å²) in [5, 5.41) is 7.07. The van der Waals surface area contributed by atoms with Gasteiger partial charge >= 0.3 is 0 Å². The minimum absolute atomic E-state index is 0.137. The van der Waals surface area contributed by atoms with Crippen LogP contribution in [0, 0.1) is 5.82 Å². The maximum Gasteiger partial charge on any atom is 0.292 e. The molecule has 1 amide bonds. The van der Waals surface area contributed by atoms with Crippen molar-refractivity contribution in [1.29, 1.82) is 0 Å². The standard InChI is InChI=1S/C23H19BrFN3O4/c1-30-17-6-8-18(9-7-17)31-14-19-10-11-21(32-19)23(29)26-22-20(24)13-28(27-22)12-15-2-4-16(25)5-3-15/h2-11,13H,12,14H2,1H3,(H,26,27,29). The molecule has 0 aliphatic heterocycles. The Kier molecular flexibility index (Phi) is 6.55. The van der Waals surface area contributed by atoms with E-state index in [1.807, 2.05) is 0 Å². The lowest BCUT2D eigenvalue weighted by atomic mass is 10.2. The summed E-state index contributed by atoms with van der Waals surface area (Å²) < 4.78 is 31.7. The number of ether oxygens (including phenoxy) is 2. The molecule has 0 atom stereocenters. The number of benzene rings is 2. The van der Waals surface area contributed by atoms with Gasteiger partial charge in [0, 0.05) is 6.20 Å². The van der Waals surface area contributed by atoms with Gasteiger partial charge in [-0.1, -0.05) is 12.1 Å². The van der Waals surface area contributed by atoms with Crippen molar-refractivity contribution in [3.63, 3.8) is 0 Å². The molecule has 164 valence electrons. The zero-order valence-electron chi connectivity index (χ0n) is 17.0. The molecule has 0 unspecified atom stereocenters. The molecule has 4 aromatic rings. The SMILES string of the molecule is COc1ccc(OCc2ccc(C(=O)Nc3nn(Cc4ccc(F)cc4)cc3Br)o2)cc1. The number of furan rings is 1. The Bertz CT molecular complexity index is 1200. The summed E-state index contributed by atoms with van der Waals surface area (Å²) in [6.45, 7) is 0.609. The summed E-state index contributed by atoms with van der Waals surface area (Å²) in [6, 6.07) is 16.6. The summed E-state index contributed by atoms with van der Waals surface area (Å²) >= 11 is 3.39. The molecule has 0 radical (unpaired) electrons. The van der Waals surface area contributed by atoms with E-state index in [9.17, 15) is 9.18 Å². The third kappa shape index (κ3) is 5.36. The van der Waals surface area contributed by atoms with Crippen LogP contribution in [0.25, 0.3) is 0 Å². The van der Waals surface area contributed by atoms with E-state index in [1.165, 1.54) is 12.1 Å². The number of nitrogens with zero attached hydrogens (tertiary/aromatic N) is 2. The average Bonchev–Trinajstić information content (AvgIpc) is 3.41. The van der Waals surface area contributed by atoms with Gasteiger partial charge in [-0.15, -0.1) is 0 Å². The van der Waals surface area contributed by atoms with Gasteiger partial charge in [0.15, 0.2) is 11.6 Å². The highest BCUT2D eigenvalue weighted by atomic mass is 79.9. The monoisotopic (exact) mass is 499 g/mol. The summed E-state index contributed by atoms with van der Waals surface area (Å²) in [5.74, 6) is 1.66. The number of hydrogen-bond acceptors (Lipinski definition) is 5. The van der Waals surface area contributed by atoms with Gasteiger partial charge in [-0.05, 0) is 70.0 Å². The fourth-order valence-corrected chi connectivity index (χ4v) is 3.33. The van der Waals surface area contributed by atoms with E-state index in [2.05, 4.69) is 26.3 Å². The lowest BCUT2D eigenvalue weighted by molar-refractivity contribution is 0.0992. The van der Waals surface area contributed by atoms with Crippen molar-refractivity contribution < 1.29 is 23.1 Å². The molecule has 4 rings (SSSR count). The second-order valence-electron chi connectivity index (χ2n) is 6.83. The Morgan fingerprint density at radius 3 is 2.53 bits per heavy atom. The van der Waals surface area contributed by atoms with Crippen LogP contribution in [0.15, 0.2) is 75.8 Å². The Hall–Kier alpha value is -3.59. The molecule has 0 saturated carbocycles. The van der Waals surface area contributed by atoms with E-state index in [4.69, 9.17) is 13.9 Å². The molecule has 2 heterocycles. The number of amides is 1. The Morgan fingerprint density at radius 2 is 1.81 bits per heavy atom. The summed E-state index contributed by atoms with van der Waals surface area (Å²) in [5.41, 5.74) is 0.881. The Balaban J connectivity index is 1.35. The normalized spacial score (nSPS) is 10.7. The van der Waals surface area contributed by atoms with Crippen LogP contribution in [0.2, 0.25) is 0 Å². The summed E-state index contributed by atoms with van der Waals surface area (Å²) in [4.78, 5) is 12.6. The fraction of sp³-hybridized carbons (Fsp3) is 0.130. The lowest BCUT2D eigenvalue weighted by Crippen LogP contribution is -2.12. The number of carbonyl (C=O) groups excluding carboxylic acids is 1. The van der Waals surface area contributed by atoms with Crippen LogP contribution < -0.4 is 14.8 Å². The second-order valence-corrected chi connectivity index (χ2v) is 7.69. The van der Waals surface area contributed by atoms with Gasteiger partial charge in [-0.25, -0.2) is 4.39 Å². The molecule has 2 aromatic carbocycles. The Labute approximate surface area is 191 Å². The summed E-state index contributed by atoms with van der Waals surface area (Å²) in [7, 11) is 1.60. The van der Waals surface area contributed by atoms with Crippen LogP contribution in [0.5, 0.6) is 11.5 Å². The van der Waals surface area contributed by atoms with Gasteiger partial charge in [0.05, 0.1) is 18.1 Å². The highest BCUT2D eigenvalue weighted by Gasteiger charge is 2.16. The van der Waals surface area contributed by atoms with Crippen LogP contribution in [-0.2, 0) is 13.2 Å². The van der Waals surface area contributed by atoms with Crippen molar-refractivity contribution in [3.8, 4) is 11.5 Å². The number of rotatable bonds is 8. The van der Waals surface area contributed by atoms with Crippen molar-refractivity contribution in [2.24, 2.45) is 0 Å². The topological polar surface area (TPSA) is 78.5 Å². The number of carbonyl (C=O) groups is 1. The fourth-order valence-electron chi connectivity index (χ4n) is 2.91. The summed E-state index contributed by atoms with van der Waals surface area (Å²) in [6.07, 6.45) is 1.73. The van der Waals surface area contributed by atoms with Gasteiger partial charge in [0.25, 0.3) is 5.91 Å². The van der Waals surface area contributed by atoms with Crippen LogP contribution in [0.3, 0.4) is 0 Å².